The number of hydrogen-bond acceptors (Lipinski definition) is 6. The van der Waals surface area contributed by atoms with E-state index < -0.39 is 0 Å². The molecule has 126 valence electrons. The van der Waals surface area contributed by atoms with Gasteiger partial charge in [-0.3, -0.25) is 4.99 Å². The van der Waals surface area contributed by atoms with Gasteiger partial charge in [-0.15, -0.1) is 0 Å². The maximum atomic E-state index is 6.22. The molecule has 4 N–H and O–H groups in total. The zero-order valence-electron chi connectivity index (χ0n) is 13.8. The van der Waals surface area contributed by atoms with E-state index in [0.29, 0.717) is 0 Å². The van der Waals surface area contributed by atoms with E-state index in [1.54, 1.807) is 0 Å². The lowest BCUT2D eigenvalue weighted by Gasteiger charge is -2.32. The number of fused-ring (bicyclic) bond motifs is 1. The summed E-state index contributed by atoms with van der Waals surface area (Å²) in [6, 6.07) is 6.53. The Morgan fingerprint density at radius 1 is 1.25 bits per heavy atom. The second-order valence-electron chi connectivity index (χ2n) is 6.33. The molecule has 3 heterocycles. The van der Waals surface area contributed by atoms with Crippen LogP contribution < -0.4 is 21.3 Å². The van der Waals surface area contributed by atoms with Crippen LogP contribution in [-0.4, -0.2) is 44.2 Å². The number of ether oxygens (including phenoxy) is 1. The number of nitrogens with zero attached hydrogens (tertiary/aromatic N) is 2. The lowest BCUT2D eigenvalue weighted by atomic mass is 9.98. The molecule has 1 saturated heterocycles. The molecular formula is C18H23N5O. The van der Waals surface area contributed by atoms with Crippen LogP contribution >= 0.6 is 0 Å². The number of nitrogens with one attached hydrogen (secondary N) is 2. The fraction of sp³-hybridized carbons (Fsp3) is 0.389. The molecule has 0 aromatic heterocycles. The Morgan fingerprint density at radius 3 is 2.88 bits per heavy atom. The molecule has 0 amide bonds. The lowest BCUT2D eigenvalue weighted by Crippen LogP contribution is -2.50. The van der Waals surface area contributed by atoms with Gasteiger partial charge in [-0.25, -0.2) is 0 Å². The number of benzene rings is 1. The van der Waals surface area contributed by atoms with Crippen LogP contribution in [0.3, 0.4) is 0 Å². The van der Waals surface area contributed by atoms with Gasteiger partial charge in [0, 0.05) is 42.4 Å². The van der Waals surface area contributed by atoms with Crippen LogP contribution in [0.5, 0.6) is 0 Å². The van der Waals surface area contributed by atoms with Gasteiger partial charge in [-0.2, -0.15) is 0 Å². The molecule has 24 heavy (non-hydrogen) atoms. The lowest BCUT2D eigenvalue weighted by molar-refractivity contribution is 0.122. The Hall–Kier alpha value is -2.31. The Bertz CT molecular complexity index is 718. The van der Waals surface area contributed by atoms with E-state index in [0.717, 1.165) is 43.3 Å². The van der Waals surface area contributed by atoms with E-state index in [-0.39, 0.29) is 12.2 Å². The number of aryl methyl sites for hydroxylation is 1. The van der Waals surface area contributed by atoms with Crippen molar-refractivity contribution >= 4 is 11.4 Å². The molecule has 6 nitrogen and oxygen atoms in total. The first-order valence-electron chi connectivity index (χ1n) is 8.39. The Kier molecular flexibility index (Phi) is 4.00. The van der Waals surface area contributed by atoms with Gasteiger partial charge in [-0.05, 0) is 30.7 Å². The quantitative estimate of drug-likeness (QED) is 0.751. The number of nitrogens with two attached hydrogens (primary N) is 1. The van der Waals surface area contributed by atoms with Crippen LogP contribution in [-0.2, 0) is 4.74 Å². The second kappa shape index (κ2) is 6.30. The van der Waals surface area contributed by atoms with E-state index >= 15 is 0 Å². The molecule has 1 aromatic rings. The third kappa shape index (κ3) is 2.79. The molecule has 0 spiro atoms. The number of anilines is 1. The Balaban J connectivity index is 1.61. The summed E-state index contributed by atoms with van der Waals surface area (Å²) in [5.41, 5.74) is 11.8. The zero-order chi connectivity index (χ0) is 16.5. The molecule has 3 aliphatic rings. The minimum absolute atomic E-state index is 0.0208. The largest absolute Gasteiger partial charge is 0.378 e. The number of aliphatic imine (C=N–C) groups is 1. The van der Waals surface area contributed by atoms with Gasteiger partial charge in [0.25, 0.3) is 0 Å². The molecule has 0 radical (unpaired) electrons. The van der Waals surface area contributed by atoms with Crippen LogP contribution in [0.4, 0.5) is 5.69 Å². The summed E-state index contributed by atoms with van der Waals surface area (Å²) in [6.07, 6.45) is 5.53. The number of morpholine rings is 1. The van der Waals surface area contributed by atoms with E-state index in [9.17, 15) is 0 Å². The van der Waals surface area contributed by atoms with E-state index in [4.69, 9.17) is 10.5 Å². The predicted octanol–water partition coefficient (Wildman–Crippen LogP) is 0.836. The number of allylic oxidation sites excluding steroid dienone is 1. The van der Waals surface area contributed by atoms with Crippen molar-refractivity contribution in [2.24, 2.45) is 10.7 Å². The van der Waals surface area contributed by atoms with Gasteiger partial charge in [0.2, 0.25) is 0 Å². The van der Waals surface area contributed by atoms with Crippen molar-refractivity contribution in [3.63, 3.8) is 0 Å². The highest BCUT2D eigenvalue weighted by atomic mass is 16.5. The smallest absolute Gasteiger partial charge is 0.124 e. The zero-order valence-corrected chi connectivity index (χ0v) is 13.8. The molecule has 6 heteroatoms. The predicted molar refractivity (Wildman–Crippen MR) is 96.0 cm³/mol. The summed E-state index contributed by atoms with van der Waals surface area (Å²) in [5.74, 6) is 0. The Labute approximate surface area is 142 Å². The highest BCUT2D eigenvalue weighted by molar-refractivity contribution is 6.10. The van der Waals surface area contributed by atoms with Crippen molar-refractivity contribution in [2.45, 2.75) is 19.1 Å². The second-order valence-corrected chi connectivity index (χ2v) is 6.33. The minimum Gasteiger partial charge on any atom is -0.378 e. The molecule has 4 rings (SSSR count). The van der Waals surface area contributed by atoms with Crippen molar-refractivity contribution in [1.82, 2.24) is 10.6 Å². The number of dihydropyridines is 1. The average molecular weight is 325 g/mol. The van der Waals surface area contributed by atoms with Crippen molar-refractivity contribution in [2.75, 3.05) is 31.2 Å². The summed E-state index contributed by atoms with van der Waals surface area (Å²) in [5, 5.41) is 6.51. The molecule has 1 aromatic carbocycles. The summed E-state index contributed by atoms with van der Waals surface area (Å²) in [4.78, 5) is 7.05. The summed E-state index contributed by atoms with van der Waals surface area (Å²) >= 11 is 0. The van der Waals surface area contributed by atoms with Crippen LogP contribution in [0, 0.1) is 6.92 Å². The van der Waals surface area contributed by atoms with Gasteiger partial charge >= 0.3 is 0 Å². The van der Waals surface area contributed by atoms with Crippen LogP contribution in [0.1, 0.15) is 11.1 Å². The molecular weight excluding hydrogens is 302 g/mol. The van der Waals surface area contributed by atoms with E-state index in [2.05, 4.69) is 51.7 Å². The van der Waals surface area contributed by atoms with Gasteiger partial charge in [0.05, 0.1) is 18.9 Å². The minimum atomic E-state index is -0.295. The van der Waals surface area contributed by atoms with E-state index in [1.165, 1.54) is 11.3 Å². The fourth-order valence-corrected chi connectivity index (χ4v) is 3.43. The molecule has 3 aliphatic heterocycles. The topological polar surface area (TPSA) is 74.9 Å². The SMILES string of the molecule is Cc1cc(C2=NC(N)C3NC=CNC3=C2)ccc1N1CCOCC1. The molecule has 0 bridgehead atoms. The summed E-state index contributed by atoms with van der Waals surface area (Å²) in [7, 11) is 0. The first kappa shape index (κ1) is 15.2. The monoisotopic (exact) mass is 325 g/mol. The van der Waals surface area contributed by atoms with Gasteiger partial charge in [0.15, 0.2) is 0 Å². The maximum Gasteiger partial charge on any atom is 0.124 e. The number of rotatable bonds is 2. The molecule has 0 aliphatic carbocycles. The first-order chi connectivity index (χ1) is 11.7. The molecule has 2 atom stereocenters. The molecule has 2 unspecified atom stereocenters. The van der Waals surface area contributed by atoms with Crippen molar-refractivity contribution in [1.29, 1.82) is 0 Å². The number of hydrogen-bond donors (Lipinski definition) is 3. The Morgan fingerprint density at radius 2 is 2.08 bits per heavy atom. The summed E-state index contributed by atoms with van der Waals surface area (Å²) < 4.78 is 5.44. The third-order valence-corrected chi connectivity index (χ3v) is 4.71. The third-order valence-electron chi connectivity index (χ3n) is 4.71. The highest BCUT2D eigenvalue weighted by Crippen LogP contribution is 2.24. The van der Waals surface area contributed by atoms with Gasteiger partial charge < -0.3 is 26.0 Å². The van der Waals surface area contributed by atoms with Crippen molar-refractivity contribution < 1.29 is 4.74 Å². The van der Waals surface area contributed by atoms with Crippen molar-refractivity contribution in [3.8, 4) is 0 Å². The average Bonchev–Trinajstić information content (AvgIpc) is 2.62. The van der Waals surface area contributed by atoms with Gasteiger partial charge in [0.1, 0.15) is 12.2 Å². The van der Waals surface area contributed by atoms with Crippen LogP contribution in [0.25, 0.3) is 0 Å². The standard InChI is InChI=1S/C18H23N5O/c1-12-10-13(2-3-16(12)23-6-8-24-9-7-23)14-11-15-17(18(19)22-14)21-5-4-20-15/h2-5,10-11,17-18,20-21H,6-9,19H2,1H3. The van der Waals surface area contributed by atoms with Crippen LogP contribution in [0.15, 0.2) is 47.4 Å². The summed E-state index contributed by atoms with van der Waals surface area (Å²) in [6.45, 7) is 5.63. The molecule has 0 saturated carbocycles. The fourth-order valence-electron chi connectivity index (χ4n) is 3.43. The van der Waals surface area contributed by atoms with E-state index in [1.807, 2.05) is 12.4 Å². The highest BCUT2D eigenvalue weighted by Gasteiger charge is 2.27. The van der Waals surface area contributed by atoms with Gasteiger partial charge in [-0.1, -0.05) is 6.07 Å². The normalized spacial score (nSPS) is 26.0. The molecule has 1 fully saturated rings. The van der Waals surface area contributed by atoms with Crippen LogP contribution in [0.2, 0.25) is 0 Å². The van der Waals surface area contributed by atoms with Crippen molar-refractivity contribution in [3.05, 3.63) is 53.5 Å². The maximum absolute atomic E-state index is 6.22. The first-order valence-corrected chi connectivity index (χ1v) is 8.39.